The molecule has 0 aliphatic rings. The molecule has 0 spiro atoms. The largest absolute Gasteiger partial charge is 0.497 e. The van der Waals surface area contributed by atoms with Gasteiger partial charge in [0.25, 0.3) is 0 Å². The predicted molar refractivity (Wildman–Crippen MR) is 89.5 cm³/mol. The highest BCUT2D eigenvalue weighted by Gasteiger charge is 2.10. The van der Waals surface area contributed by atoms with Gasteiger partial charge in [-0.2, -0.15) is 0 Å². The van der Waals surface area contributed by atoms with Crippen molar-refractivity contribution in [2.24, 2.45) is 0 Å². The van der Waals surface area contributed by atoms with Gasteiger partial charge < -0.3 is 15.4 Å². The Kier molecular flexibility index (Phi) is 5.81. The number of hydrogen-bond donors (Lipinski definition) is 2. The van der Waals surface area contributed by atoms with E-state index in [0.717, 1.165) is 5.56 Å². The van der Waals surface area contributed by atoms with Crippen LogP contribution in [0.4, 0.5) is 5.69 Å². The van der Waals surface area contributed by atoms with Crippen LogP contribution in [0, 0.1) is 0 Å². The van der Waals surface area contributed by atoms with Crippen LogP contribution in [0.5, 0.6) is 5.75 Å². The fraction of sp³-hybridized carbons (Fsp3) is 0.235. The summed E-state index contributed by atoms with van der Waals surface area (Å²) >= 11 is 6.14. The van der Waals surface area contributed by atoms with Crippen LogP contribution in [0.1, 0.15) is 18.5 Å². The number of methoxy groups -OCH3 is 1. The second kappa shape index (κ2) is 7.82. The standard InChI is InChI=1S/C17H19ClN2O2/c1-12(15-8-3-4-9-16(15)18)19-11-17(21)20-13-6-5-7-14(10-13)22-2/h3-10,12,19H,11H2,1-2H3,(H,20,21)/t12-/m1/s1. The van der Waals surface area contributed by atoms with Gasteiger partial charge in [-0.05, 0) is 30.7 Å². The molecular weight excluding hydrogens is 300 g/mol. The maximum Gasteiger partial charge on any atom is 0.238 e. The molecule has 116 valence electrons. The minimum Gasteiger partial charge on any atom is -0.497 e. The van der Waals surface area contributed by atoms with Crippen LogP contribution in [0.25, 0.3) is 0 Å². The van der Waals surface area contributed by atoms with Crippen molar-refractivity contribution >= 4 is 23.2 Å². The lowest BCUT2D eigenvalue weighted by atomic mass is 10.1. The van der Waals surface area contributed by atoms with Crippen molar-refractivity contribution in [1.82, 2.24) is 5.32 Å². The van der Waals surface area contributed by atoms with Crippen LogP contribution in [-0.4, -0.2) is 19.6 Å². The van der Waals surface area contributed by atoms with E-state index in [-0.39, 0.29) is 18.5 Å². The molecule has 2 rings (SSSR count). The van der Waals surface area contributed by atoms with Gasteiger partial charge in [0.05, 0.1) is 13.7 Å². The summed E-state index contributed by atoms with van der Waals surface area (Å²) < 4.78 is 5.12. The molecule has 2 aromatic rings. The Balaban J connectivity index is 1.88. The van der Waals surface area contributed by atoms with Crippen LogP contribution in [0.15, 0.2) is 48.5 Å². The molecule has 0 saturated carbocycles. The normalized spacial score (nSPS) is 11.8. The van der Waals surface area contributed by atoms with Gasteiger partial charge in [-0.25, -0.2) is 0 Å². The van der Waals surface area contributed by atoms with E-state index >= 15 is 0 Å². The summed E-state index contributed by atoms with van der Waals surface area (Å²) in [6, 6.07) is 14.8. The number of hydrogen-bond acceptors (Lipinski definition) is 3. The average molecular weight is 319 g/mol. The lowest BCUT2D eigenvalue weighted by Gasteiger charge is -2.15. The second-order valence-electron chi connectivity index (χ2n) is 4.90. The first-order valence-electron chi connectivity index (χ1n) is 7.02. The molecule has 22 heavy (non-hydrogen) atoms. The van der Waals surface area contributed by atoms with Crippen LogP contribution in [0.2, 0.25) is 5.02 Å². The molecule has 0 aliphatic carbocycles. The molecule has 1 atom stereocenters. The molecule has 0 aliphatic heterocycles. The molecule has 1 amide bonds. The van der Waals surface area contributed by atoms with E-state index in [4.69, 9.17) is 16.3 Å². The molecule has 2 aromatic carbocycles. The molecular formula is C17H19ClN2O2. The number of rotatable bonds is 6. The van der Waals surface area contributed by atoms with Gasteiger partial charge in [0.15, 0.2) is 0 Å². The highest BCUT2D eigenvalue weighted by molar-refractivity contribution is 6.31. The Labute approximate surface area is 135 Å². The number of anilines is 1. The second-order valence-corrected chi connectivity index (χ2v) is 5.31. The van der Waals surface area contributed by atoms with E-state index < -0.39 is 0 Å². The molecule has 0 fully saturated rings. The zero-order valence-electron chi connectivity index (χ0n) is 12.6. The summed E-state index contributed by atoms with van der Waals surface area (Å²) in [5.41, 5.74) is 1.68. The zero-order chi connectivity index (χ0) is 15.9. The SMILES string of the molecule is COc1cccc(NC(=O)CN[C@H](C)c2ccccc2Cl)c1. The van der Waals surface area contributed by atoms with Crippen LogP contribution >= 0.6 is 11.6 Å². The topological polar surface area (TPSA) is 50.4 Å². The third kappa shape index (κ3) is 4.48. The number of nitrogens with one attached hydrogen (secondary N) is 2. The fourth-order valence-electron chi connectivity index (χ4n) is 2.09. The van der Waals surface area contributed by atoms with E-state index in [1.165, 1.54) is 0 Å². The number of halogens is 1. The van der Waals surface area contributed by atoms with Crippen molar-refractivity contribution in [3.8, 4) is 5.75 Å². The van der Waals surface area contributed by atoms with Crippen LogP contribution in [-0.2, 0) is 4.79 Å². The van der Waals surface area contributed by atoms with Crippen LogP contribution in [0.3, 0.4) is 0 Å². The molecule has 2 N–H and O–H groups in total. The molecule has 0 radical (unpaired) electrons. The maximum atomic E-state index is 12.0. The van der Waals surface area contributed by atoms with E-state index in [9.17, 15) is 4.79 Å². The Bertz CT molecular complexity index is 646. The van der Waals surface area contributed by atoms with E-state index in [1.807, 2.05) is 49.4 Å². The highest BCUT2D eigenvalue weighted by Crippen LogP contribution is 2.22. The zero-order valence-corrected chi connectivity index (χ0v) is 13.4. The lowest BCUT2D eigenvalue weighted by molar-refractivity contribution is -0.115. The summed E-state index contributed by atoms with van der Waals surface area (Å²) in [7, 11) is 1.59. The minimum atomic E-state index is -0.118. The third-order valence-corrected chi connectivity index (χ3v) is 3.64. The first kappa shape index (κ1) is 16.3. The number of carbonyl (C=O) groups excluding carboxylic acids is 1. The fourth-order valence-corrected chi connectivity index (χ4v) is 2.39. The Morgan fingerprint density at radius 2 is 2.00 bits per heavy atom. The monoisotopic (exact) mass is 318 g/mol. The van der Waals surface area contributed by atoms with E-state index in [2.05, 4.69) is 10.6 Å². The van der Waals surface area contributed by atoms with E-state index in [0.29, 0.717) is 16.5 Å². The first-order valence-corrected chi connectivity index (χ1v) is 7.39. The van der Waals surface area contributed by atoms with Crippen molar-refractivity contribution in [3.63, 3.8) is 0 Å². The molecule has 0 aromatic heterocycles. The van der Waals surface area contributed by atoms with Gasteiger partial charge in [0.2, 0.25) is 5.91 Å². The highest BCUT2D eigenvalue weighted by atomic mass is 35.5. The lowest BCUT2D eigenvalue weighted by Crippen LogP contribution is -2.30. The minimum absolute atomic E-state index is 0.00948. The Morgan fingerprint density at radius 1 is 1.23 bits per heavy atom. The van der Waals surface area contributed by atoms with Crippen molar-refractivity contribution in [2.45, 2.75) is 13.0 Å². The maximum absolute atomic E-state index is 12.0. The third-order valence-electron chi connectivity index (χ3n) is 3.29. The summed E-state index contributed by atoms with van der Waals surface area (Å²) in [5, 5.41) is 6.67. The average Bonchev–Trinajstić information content (AvgIpc) is 2.53. The Morgan fingerprint density at radius 3 is 2.73 bits per heavy atom. The van der Waals surface area contributed by atoms with Gasteiger partial charge in [-0.3, -0.25) is 4.79 Å². The molecule has 0 bridgehead atoms. The van der Waals surface area contributed by atoms with Crippen molar-refractivity contribution in [2.75, 3.05) is 19.0 Å². The number of ether oxygens (including phenoxy) is 1. The summed E-state index contributed by atoms with van der Waals surface area (Å²) in [5.74, 6) is 0.586. The summed E-state index contributed by atoms with van der Waals surface area (Å²) in [6.45, 7) is 2.17. The van der Waals surface area contributed by atoms with E-state index in [1.54, 1.807) is 13.2 Å². The number of benzene rings is 2. The van der Waals surface area contributed by atoms with Crippen molar-refractivity contribution in [1.29, 1.82) is 0 Å². The number of carbonyl (C=O) groups is 1. The van der Waals surface area contributed by atoms with Gasteiger partial charge in [-0.15, -0.1) is 0 Å². The molecule has 0 unspecified atom stereocenters. The molecule has 0 saturated heterocycles. The van der Waals surface area contributed by atoms with Gasteiger partial charge in [-0.1, -0.05) is 35.9 Å². The molecule has 0 heterocycles. The first-order chi connectivity index (χ1) is 10.6. The Hall–Kier alpha value is -2.04. The summed E-state index contributed by atoms with van der Waals surface area (Å²) in [4.78, 5) is 12.0. The van der Waals surface area contributed by atoms with Crippen LogP contribution < -0.4 is 15.4 Å². The number of amides is 1. The van der Waals surface area contributed by atoms with Gasteiger partial charge >= 0.3 is 0 Å². The van der Waals surface area contributed by atoms with Gasteiger partial charge in [0.1, 0.15) is 5.75 Å². The predicted octanol–water partition coefficient (Wildman–Crippen LogP) is 3.64. The van der Waals surface area contributed by atoms with Gasteiger partial charge in [0, 0.05) is 22.8 Å². The summed E-state index contributed by atoms with van der Waals surface area (Å²) in [6.07, 6.45) is 0. The quantitative estimate of drug-likeness (QED) is 0.855. The molecule has 5 heteroatoms. The van der Waals surface area contributed by atoms with Crippen molar-refractivity contribution in [3.05, 3.63) is 59.1 Å². The van der Waals surface area contributed by atoms with Crippen molar-refractivity contribution < 1.29 is 9.53 Å². The smallest absolute Gasteiger partial charge is 0.238 e. The molecule has 4 nitrogen and oxygen atoms in total.